The number of aromatic carboxylic acids is 1. The Bertz CT molecular complexity index is 661. The van der Waals surface area contributed by atoms with E-state index in [1.54, 1.807) is 12.1 Å². The van der Waals surface area contributed by atoms with Crippen LogP contribution in [0.1, 0.15) is 15.9 Å². The summed E-state index contributed by atoms with van der Waals surface area (Å²) in [5, 5.41) is 21.1. The maximum Gasteiger partial charge on any atom is 0.335 e. The maximum absolute atomic E-state index is 13.6. The normalized spacial score (nSPS) is 10.3. The zero-order valence-electron chi connectivity index (χ0n) is 10.2. The summed E-state index contributed by atoms with van der Waals surface area (Å²) >= 11 is 3.19. The van der Waals surface area contributed by atoms with Gasteiger partial charge < -0.3 is 15.5 Å². The van der Waals surface area contributed by atoms with E-state index in [9.17, 15) is 14.3 Å². The molecule has 3 N–H and O–H groups in total. The van der Waals surface area contributed by atoms with E-state index < -0.39 is 11.8 Å². The Hall–Kier alpha value is -2.08. The third-order valence-electron chi connectivity index (χ3n) is 2.71. The van der Waals surface area contributed by atoms with Crippen LogP contribution in [0.5, 0.6) is 5.75 Å². The minimum absolute atomic E-state index is 0.0146. The van der Waals surface area contributed by atoms with Gasteiger partial charge in [-0.3, -0.25) is 0 Å². The number of halogens is 2. The van der Waals surface area contributed by atoms with Crippen LogP contribution in [-0.4, -0.2) is 16.2 Å². The van der Waals surface area contributed by atoms with Crippen LogP contribution in [0.4, 0.5) is 10.1 Å². The standard InChI is InChI=1S/C14H11BrFNO3/c15-10-5-8(1-4-13(10)18)7-17-12-6-9(14(19)20)2-3-11(12)16/h1-6,17-18H,7H2,(H,19,20). The van der Waals surface area contributed by atoms with Crippen LogP contribution in [0.3, 0.4) is 0 Å². The molecular weight excluding hydrogens is 329 g/mol. The van der Waals surface area contributed by atoms with E-state index in [1.165, 1.54) is 18.2 Å². The topological polar surface area (TPSA) is 69.6 Å². The fourth-order valence-electron chi connectivity index (χ4n) is 1.65. The van der Waals surface area contributed by atoms with Crippen molar-refractivity contribution in [2.45, 2.75) is 6.54 Å². The first-order chi connectivity index (χ1) is 9.47. The number of hydrogen-bond donors (Lipinski definition) is 3. The Morgan fingerprint density at radius 3 is 2.65 bits per heavy atom. The summed E-state index contributed by atoms with van der Waals surface area (Å²) in [6.07, 6.45) is 0. The molecule has 2 rings (SSSR count). The summed E-state index contributed by atoms with van der Waals surface area (Å²) in [4.78, 5) is 10.8. The smallest absolute Gasteiger partial charge is 0.335 e. The summed E-state index contributed by atoms with van der Waals surface area (Å²) < 4.78 is 14.1. The number of phenols is 1. The third kappa shape index (κ3) is 3.27. The van der Waals surface area contributed by atoms with Gasteiger partial charge in [-0.05, 0) is 51.8 Å². The highest BCUT2D eigenvalue weighted by Crippen LogP contribution is 2.25. The first-order valence-corrected chi connectivity index (χ1v) is 6.51. The molecular formula is C14H11BrFNO3. The number of phenolic OH excluding ortho intramolecular Hbond substituents is 1. The number of carboxylic acids is 1. The van der Waals surface area contributed by atoms with Crippen LogP contribution in [-0.2, 0) is 6.54 Å². The van der Waals surface area contributed by atoms with Gasteiger partial charge in [0.25, 0.3) is 0 Å². The molecule has 0 aliphatic rings. The Labute approximate surface area is 123 Å². The molecule has 0 fully saturated rings. The molecule has 0 unspecified atom stereocenters. The van der Waals surface area contributed by atoms with Gasteiger partial charge in [0, 0.05) is 6.54 Å². The van der Waals surface area contributed by atoms with E-state index in [2.05, 4.69) is 21.2 Å². The maximum atomic E-state index is 13.6. The van der Waals surface area contributed by atoms with Crippen molar-refractivity contribution in [2.24, 2.45) is 0 Å². The third-order valence-corrected chi connectivity index (χ3v) is 3.34. The lowest BCUT2D eigenvalue weighted by molar-refractivity contribution is 0.0697. The second kappa shape index (κ2) is 5.92. The summed E-state index contributed by atoms with van der Waals surface area (Å²) in [6, 6.07) is 8.46. The van der Waals surface area contributed by atoms with E-state index in [0.29, 0.717) is 11.0 Å². The van der Waals surface area contributed by atoms with Crippen molar-refractivity contribution in [1.82, 2.24) is 0 Å². The molecule has 0 amide bonds. The van der Waals surface area contributed by atoms with Gasteiger partial charge in [0.05, 0.1) is 15.7 Å². The van der Waals surface area contributed by atoms with Crippen LogP contribution >= 0.6 is 15.9 Å². The van der Waals surface area contributed by atoms with Gasteiger partial charge in [-0.1, -0.05) is 6.07 Å². The van der Waals surface area contributed by atoms with Gasteiger partial charge in [-0.15, -0.1) is 0 Å². The summed E-state index contributed by atoms with van der Waals surface area (Å²) in [5.41, 5.74) is 0.949. The molecule has 0 aliphatic carbocycles. The molecule has 6 heteroatoms. The number of carbonyl (C=O) groups is 1. The van der Waals surface area contributed by atoms with Crippen molar-refractivity contribution in [2.75, 3.05) is 5.32 Å². The van der Waals surface area contributed by atoms with Gasteiger partial charge in [-0.2, -0.15) is 0 Å². The average molecular weight is 340 g/mol. The Morgan fingerprint density at radius 2 is 2.00 bits per heavy atom. The monoisotopic (exact) mass is 339 g/mol. The fraction of sp³-hybridized carbons (Fsp3) is 0.0714. The minimum atomic E-state index is -1.11. The fourth-order valence-corrected chi connectivity index (χ4v) is 2.08. The van der Waals surface area contributed by atoms with Crippen molar-refractivity contribution in [3.05, 3.63) is 57.8 Å². The Balaban J connectivity index is 2.15. The molecule has 2 aromatic carbocycles. The number of carboxylic acid groups (broad SMARTS) is 1. The van der Waals surface area contributed by atoms with Gasteiger partial charge in [0.15, 0.2) is 0 Å². The van der Waals surface area contributed by atoms with Gasteiger partial charge in [0.1, 0.15) is 11.6 Å². The highest BCUT2D eigenvalue weighted by atomic mass is 79.9. The molecule has 4 nitrogen and oxygen atoms in total. The van der Waals surface area contributed by atoms with E-state index in [-0.39, 0.29) is 17.0 Å². The quantitative estimate of drug-likeness (QED) is 0.795. The number of benzene rings is 2. The molecule has 104 valence electrons. The number of aromatic hydroxyl groups is 1. The van der Waals surface area contributed by atoms with Gasteiger partial charge in [0.2, 0.25) is 0 Å². The molecule has 0 aromatic heterocycles. The molecule has 0 bridgehead atoms. The first-order valence-electron chi connectivity index (χ1n) is 5.71. The Morgan fingerprint density at radius 1 is 1.25 bits per heavy atom. The lowest BCUT2D eigenvalue weighted by atomic mass is 10.1. The molecule has 0 radical (unpaired) electrons. The van der Waals surface area contributed by atoms with E-state index >= 15 is 0 Å². The number of hydrogen-bond acceptors (Lipinski definition) is 3. The second-order valence-corrected chi connectivity index (χ2v) is 4.99. The van der Waals surface area contributed by atoms with Crippen LogP contribution in [0.25, 0.3) is 0 Å². The van der Waals surface area contributed by atoms with Crippen molar-refractivity contribution in [3.63, 3.8) is 0 Å². The molecule has 0 aliphatic heterocycles. The highest BCUT2D eigenvalue weighted by molar-refractivity contribution is 9.10. The van der Waals surface area contributed by atoms with Crippen LogP contribution in [0.15, 0.2) is 40.9 Å². The molecule has 20 heavy (non-hydrogen) atoms. The molecule has 0 saturated heterocycles. The van der Waals surface area contributed by atoms with Crippen molar-refractivity contribution >= 4 is 27.6 Å². The SMILES string of the molecule is O=C(O)c1ccc(F)c(NCc2ccc(O)c(Br)c2)c1. The Kier molecular flexibility index (Phi) is 4.24. The van der Waals surface area contributed by atoms with Crippen LogP contribution in [0.2, 0.25) is 0 Å². The second-order valence-electron chi connectivity index (χ2n) is 4.14. The van der Waals surface area contributed by atoms with Crippen molar-refractivity contribution in [3.8, 4) is 5.75 Å². The number of rotatable bonds is 4. The van der Waals surface area contributed by atoms with Gasteiger partial charge >= 0.3 is 5.97 Å². The lowest BCUT2D eigenvalue weighted by Crippen LogP contribution is -2.04. The zero-order valence-corrected chi connectivity index (χ0v) is 11.8. The summed E-state index contributed by atoms with van der Waals surface area (Å²) in [7, 11) is 0. The zero-order chi connectivity index (χ0) is 14.7. The largest absolute Gasteiger partial charge is 0.507 e. The molecule has 2 aromatic rings. The minimum Gasteiger partial charge on any atom is -0.507 e. The molecule has 0 saturated carbocycles. The summed E-state index contributed by atoms with van der Waals surface area (Å²) in [6.45, 7) is 0.304. The predicted octanol–water partition coefficient (Wildman–Crippen LogP) is 3.60. The van der Waals surface area contributed by atoms with E-state index in [0.717, 1.165) is 11.6 Å². The van der Waals surface area contributed by atoms with Crippen LogP contribution < -0.4 is 5.32 Å². The van der Waals surface area contributed by atoms with Crippen molar-refractivity contribution < 1.29 is 19.4 Å². The van der Waals surface area contributed by atoms with E-state index in [1.807, 2.05) is 0 Å². The number of nitrogens with one attached hydrogen (secondary N) is 1. The molecule has 0 spiro atoms. The molecule has 0 heterocycles. The van der Waals surface area contributed by atoms with Crippen LogP contribution in [0, 0.1) is 5.82 Å². The predicted molar refractivity (Wildman–Crippen MR) is 76.5 cm³/mol. The van der Waals surface area contributed by atoms with Gasteiger partial charge in [-0.25, -0.2) is 9.18 Å². The summed E-state index contributed by atoms with van der Waals surface area (Å²) in [5.74, 6) is -1.51. The lowest BCUT2D eigenvalue weighted by Gasteiger charge is -2.09. The average Bonchev–Trinajstić information content (AvgIpc) is 2.41. The first kappa shape index (κ1) is 14.3. The molecule has 0 atom stereocenters. The van der Waals surface area contributed by atoms with Crippen molar-refractivity contribution in [1.29, 1.82) is 0 Å². The number of anilines is 1. The van der Waals surface area contributed by atoms with E-state index in [4.69, 9.17) is 5.11 Å². The highest BCUT2D eigenvalue weighted by Gasteiger charge is 2.08.